The number of aromatic nitrogens is 2. The maximum Gasteiger partial charge on any atom is 0.282 e. The van der Waals surface area contributed by atoms with Gasteiger partial charge in [0.15, 0.2) is 5.69 Å². The highest BCUT2D eigenvalue weighted by Gasteiger charge is 2.22. The van der Waals surface area contributed by atoms with E-state index in [1.54, 1.807) is 31.4 Å². The van der Waals surface area contributed by atoms with Gasteiger partial charge in [-0.2, -0.15) is 9.78 Å². The standard InChI is InChI=1S/C19H22N4O3S/c1-11(2)20-17(24)16-14-10-27-19(22(3)4)15(14)18(25)23(21-16)12-6-8-13(26-5)9-7-12/h6-11H,1-5H3,(H,20,24). The summed E-state index contributed by atoms with van der Waals surface area (Å²) in [5, 5.41) is 10.9. The van der Waals surface area contributed by atoms with E-state index in [2.05, 4.69) is 10.4 Å². The summed E-state index contributed by atoms with van der Waals surface area (Å²) in [5.74, 6) is 0.371. The number of hydrogen-bond acceptors (Lipinski definition) is 6. The second kappa shape index (κ2) is 7.40. The van der Waals surface area contributed by atoms with Gasteiger partial charge in [0.2, 0.25) is 0 Å². The summed E-state index contributed by atoms with van der Waals surface area (Å²) in [6.45, 7) is 3.76. The number of anilines is 1. The molecule has 27 heavy (non-hydrogen) atoms. The number of carbonyl (C=O) groups is 1. The third-order valence-corrected chi connectivity index (χ3v) is 5.14. The van der Waals surface area contributed by atoms with E-state index in [1.165, 1.54) is 16.0 Å². The highest BCUT2D eigenvalue weighted by molar-refractivity contribution is 7.16. The van der Waals surface area contributed by atoms with Crippen molar-refractivity contribution < 1.29 is 9.53 Å². The van der Waals surface area contributed by atoms with Crippen LogP contribution < -0.4 is 20.5 Å². The number of nitrogens with one attached hydrogen (secondary N) is 1. The molecule has 0 aliphatic carbocycles. The van der Waals surface area contributed by atoms with E-state index in [1.807, 2.05) is 38.2 Å². The Labute approximate surface area is 161 Å². The van der Waals surface area contributed by atoms with E-state index in [0.717, 1.165) is 5.00 Å². The first kappa shape index (κ1) is 18.9. The monoisotopic (exact) mass is 386 g/mol. The molecule has 0 saturated heterocycles. The summed E-state index contributed by atoms with van der Waals surface area (Å²) in [5.41, 5.74) is 0.539. The Hall–Kier alpha value is -2.87. The van der Waals surface area contributed by atoms with E-state index in [-0.39, 0.29) is 23.2 Å². The molecule has 3 rings (SSSR count). The van der Waals surface area contributed by atoms with Crippen molar-refractivity contribution in [2.24, 2.45) is 0 Å². The average Bonchev–Trinajstić information content (AvgIpc) is 3.07. The zero-order valence-corrected chi connectivity index (χ0v) is 16.8. The second-order valence-corrected chi connectivity index (χ2v) is 7.47. The van der Waals surface area contributed by atoms with Gasteiger partial charge in [-0.1, -0.05) is 0 Å². The topological polar surface area (TPSA) is 76.5 Å². The zero-order valence-electron chi connectivity index (χ0n) is 15.9. The minimum absolute atomic E-state index is 0.0392. The van der Waals surface area contributed by atoms with Crippen molar-refractivity contribution in [3.63, 3.8) is 0 Å². The number of ether oxygens (including phenoxy) is 1. The molecule has 1 aromatic carbocycles. The van der Waals surface area contributed by atoms with Crippen molar-refractivity contribution in [3.05, 3.63) is 45.7 Å². The molecule has 0 saturated carbocycles. The van der Waals surface area contributed by atoms with E-state index < -0.39 is 0 Å². The SMILES string of the molecule is COc1ccc(-n2nc(C(=O)NC(C)C)c3csc(N(C)C)c3c2=O)cc1. The normalized spacial score (nSPS) is 11.0. The lowest BCUT2D eigenvalue weighted by molar-refractivity contribution is 0.0938. The highest BCUT2D eigenvalue weighted by Crippen LogP contribution is 2.32. The number of rotatable bonds is 5. The van der Waals surface area contributed by atoms with Crippen molar-refractivity contribution in [2.75, 3.05) is 26.1 Å². The summed E-state index contributed by atoms with van der Waals surface area (Å²) in [4.78, 5) is 27.8. The molecular weight excluding hydrogens is 364 g/mol. The number of nitrogens with zero attached hydrogens (tertiary/aromatic N) is 3. The van der Waals surface area contributed by atoms with Gasteiger partial charge in [0.25, 0.3) is 11.5 Å². The van der Waals surface area contributed by atoms with Gasteiger partial charge in [0.05, 0.1) is 18.2 Å². The molecule has 3 aromatic rings. The Morgan fingerprint density at radius 2 is 1.93 bits per heavy atom. The fraction of sp³-hybridized carbons (Fsp3) is 0.316. The largest absolute Gasteiger partial charge is 0.497 e. The summed E-state index contributed by atoms with van der Waals surface area (Å²) in [6, 6.07) is 6.95. The fourth-order valence-electron chi connectivity index (χ4n) is 2.76. The molecule has 0 bridgehead atoms. The van der Waals surface area contributed by atoms with Crippen LogP contribution in [0.1, 0.15) is 24.3 Å². The van der Waals surface area contributed by atoms with Gasteiger partial charge in [-0.05, 0) is 38.1 Å². The van der Waals surface area contributed by atoms with Crippen LogP contribution in [-0.4, -0.2) is 42.9 Å². The van der Waals surface area contributed by atoms with Crippen molar-refractivity contribution in [1.82, 2.24) is 15.1 Å². The Bertz CT molecular complexity index is 1040. The highest BCUT2D eigenvalue weighted by atomic mass is 32.1. The molecule has 0 fully saturated rings. The van der Waals surface area contributed by atoms with Crippen molar-refractivity contribution in [2.45, 2.75) is 19.9 Å². The van der Waals surface area contributed by atoms with Crippen LogP contribution in [0.4, 0.5) is 5.00 Å². The molecular formula is C19H22N4O3S. The van der Waals surface area contributed by atoms with Crippen molar-refractivity contribution in [3.8, 4) is 11.4 Å². The lowest BCUT2D eigenvalue weighted by Crippen LogP contribution is -2.33. The minimum atomic E-state index is -0.305. The lowest BCUT2D eigenvalue weighted by Gasteiger charge is -2.14. The minimum Gasteiger partial charge on any atom is -0.497 e. The number of benzene rings is 1. The molecule has 0 atom stereocenters. The lowest BCUT2D eigenvalue weighted by atomic mass is 10.2. The molecule has 0 radical (unpaired) electrons. The van der Waals surface area contributed by atoms with Gasteiger partial charge in [-0.3, -0.25) is 9.59 Å². The first-order chi connectivity index (χ1) is 12.8. The van der Waals surface area contributed by atoms with Gasteiger partial charge in [0.1, 0.15) is 10.8 Å². The van der Waals surface area contributed by atoms with Crippen molar-refractivity contribution >= 4 is 33.0 Å². The first-order valence-corrected chi connectivity index (χ1v) is 9.38. The Kier molecular flexibility index (Phi) is 5.18. The average molecular weight is 386 g/mol. The predicted molar refractivity (Wildman–Crippen MR) is 109 cm³/mol. The number of fused-ring (bicyclic) bond motifs is 1. The zero-order chi connectivity index (χ0) is 19.7. The van der Waals surface area contributed by atoms with Crippen LogP contribution in [-0.2, 0) is 0 Å². The number of methoxy groups -OCH3 is 1. The molecule has 0 spiro atoms. The summed E-state index contributed by atoms with van der Waals surface area (Å²) < 4.78 is 6.45. The van der Waals surface area contributed by atoms with Gasteiger partial charge in [-0.25, -0.2) is 0 Å². The number of thiophene rings is 1. The molecule has 8 heteroatoms. The quantitative estimate of drug-likeness (QED) is 0.730. The first-order valence-electron chi connectivity index (χ1n) is 8.50. The van der Waals surface area contributed by atoms with Crippen LogP contribution >= 0.6 is 11.3 Å². The van der Waals surface area contributed by atoms with Gasteiger partial charge < -0.3 is 15.0 Å². The van der Waals surface area contributed by atoms with E-state index in [9.17, 15) is 9.59 Å². The Morgan fingerprint density at radius 3 is 2.48 bits per heavy atom. The summed E-state index contributed by atoms with van der Waals surface area (Å²) in [6.07, 6.45) is 0. The number of amides is 1. The summed E-state index contributed by atoms with van der Waals surface area (Å²) >= 11 is 1.42. The maximum atomic E-state index is 13.2. The number of hydrogen-bond donors (Lipinski definition) is 1. The van der Waals surface area contributed by atoms with Gasteiger partial charge in [0, 0.05) is 30.9 Å². The molecule has 1 amide bonds. The van der Waals surface area contributed by atoms with Crippen LogP contribution in [0.25, 0.3) is 16.5 Å². The summed E-state index contributed by atoms with van der Waals surface area (Å²) in [7, 11) is 5.32. The fourth-order valence-corrected chi connectivity index (χ4v) is 3.74. The van der Waals surface area contributed by atoms with Crippen LogP contribution in [0.2, 0.25) is 0 Å². The van der Waals surface area contributed by atoms with Gasteiger partial charge >= 0.3 is 0 Å². The molecule has 142 valence electrons. The Morgan fingerprint density at radius 1 is 1.26 bits per heavy atom. The molecule has 0 aliphatic rings. The van der Waals surface area contributed by atoms with Crippen molar-refractivity contribution in [1.29, 1.82) is 0 Å². The molecule has 0 unspecified atom stereocenters. The predicted octanol–water partition coefficient (Wildman–Crippen LogP) is 2.66. The Balaban J connectivity index is 2.29. The van der Waals surface area contributed by atoms with Crippen LogP contribution in [0, 0.1) is 0 Å². The molecule has 2 aromatic heterocycles. The molecule has 1 N–H and O–H groups in total. The molecule has 0 aliphatic heterocycles. The van der Waals surface area contributed by atoms with Crippen LogP contribution in [0.15, 0.2) is 34.4 Å². The second-order valence-electron chi connectivity index (χ2n) is 6.62. The van der Waals surface area contributed by atoms with Crippen LogP contribution in [0.5, 0.6) is 5.75 Å². The smallest absolute Gasteiger partial charge is 0.282 e. The number of carbonyl (C=O) groups excluding carboxylic acids is 1. The van der Waals surface area contributed by atoms with E-state index >= 15 is 0 Å². The van der Waals surface area contributed by atoms with E-state index in [4.69, 9.17) is 4.74 Å². The maximum absolute atomic E-state index is 13.2. The van der Waals surface area contributed by atoms with E-state index in [0.29, 0.717) is 22.2 Å². The molecule has 2 heterocycles. The third-order valence-electron chi connectivity index (χ3n) is 3.99. The molecule has 7 nitrogen and oxygen atoms in total. The van der Waals surface area contributed by atoms with Gasteiger partial charge in [-0.15, -0.1) is 11.3 Å². The van der Waals surface area contributed by atoms with Crippen LogP contribution in [0.3, 0.4) is 0 Å². The third kappa shape index (κ3) is 3.52.